The summed E-state index contributed by atoms with van der Waals surface area (Å²) in [4.78, 5) is 33.0. The molecule has 0 saturated heterocycles. The van der Waals surface area contributed by atoms with Crippen LogP contribution in [0.25, 0.3) is 0 Å². The second kappa shape index (κ2) is 6.20. The molecule has 21 heavy (non-hydrogen) atoms. The van der Waals surface area contributed by atoms with Crippen molar-refractivity contribution < 1.29 is 14.7 Å². The predicted molar refractivity (Wildman–Crippen MR) is 77.1 cm³/mol. The Morgan fingerprint density at radius 1 is 1.29 bits per heavy atom. The van der Waals surface area contributed by atoms with Crippen LogP contribution < -0.4 is 0 Å². The highest BCUT2D eigenvalue weighted by molar-refractivity contribution is 5.93. The van der Waals surface area contributed by atoms with Gasteiger partial charge in [-0.1, -0.05) is 20.3 Å². The summed E-state index contributed by atoms with van der Waals surface area (Å²) in [7, 11) is 0. The van der Waals surface area contributed by atoms with Crippen LogP contribution in [0.1, 0.15) is 61.0 Å². The van der Waals surface area contributed by atoms with Gasteiger partial charge < -0.3 is 10.0 Å². The molecule has 1 aromatic rings. The van der Waals surface area contributed by atoms with Gasteiger partial charge in [0.25, 0.3) is 5.91 Å². The van der Waals surface area contributed by atoms with Crippen LogP contribution >= 0.6 is 0 Å². The van der Waals surface area contributed by atoms with Crippen molar-refractivity contribution in [1.29, 1.82) is 0 Å². The molecule has 0 spiro atoms. The zero-order chi connectivity index (χ0) is 15.6. The van der Waals surface area contributed by atoms with E-state index in [1.807, 2.05) is 4.90 Å². The van der Waals surface area contributed by atoms with Crippen LogP contribution in [0.4, 0.5) is 0 Å². The lowest BCUT2D eigenvalue weighted by Crippen LogP contribution is -2.44. The van der Waals surface area contributed by atoms with Gasteiger partial charge in [-0.05, 0) is 25.7 Å². The molecule has 1 aliphatic carbocycles. The average molecular weight is 291 g/mol. The van der Waals surface area contributed by atoms with Crippen LogP contribution in [0.5, 0.6) is 0 Å². The van der Waals surface area contributed by atoms with E-state index in [1.165, 1.54) is 6.20 Å². The van der Waals surface area contributed by atoms with Crippen molar-refractivity contribution >= 4 is 11.9 Å². The van der Waals surface area contributed by atoms with Gasteiger partial charge in [-0.15, -0.1) is 0 Å². The number of aromatic carboxylic acids is 1. The average Bonchev–Trinajstić information content (AvgIpc) is 3.31. The van der Waals surface area contributed by atoms with E-state index >= 15 is 0 Å². The Morgan fingerprint density at radius 3 is 2.29 bits per heavy atom. The topological polar surface area (TPSA) is 83.4 Å². The summed E-state index contributed by atoms with van der Waals surface area (Å²) in [6.45, 7) is 6.30. The van der Waals surface area contributed by atoms with Gasteiger partial charge in [0.15, 0.2) is 5.69 Å². The molecule has 6 heteroatoms. The number of nitrogens with zero attached hydrogens (tertiary/aromatic N) is 3. The third-order valence-corrected chi connectivity index (χ3v) is 4.17. The second-order valence-corrected chi connectivity index (χ2v) is 5.66. The van der Waals surface area contributed by atoms with Crippen molar-refractivity contribution in [3.05, 3.63) is 23.8 Å². The highest BCUT2D eigenvalue weighted by atomic mass is 16.4. The summed E-state index contributed by atoms with van der Waals surface area (Å²) in [6, 6.07) is 0.415. The molecule has 1 aromatic heterocycles. The Bertz CT molecular complexity index is 525. The van der Waals surface area contributed by atoms with Gasteiger partial charge >= 0.3 is 5.97 Å². The van der Waals surface area contributed by atoms with Crippen molar-refractivity contribution in [2.75, 3.05) is 0 Å². The normalized spacial score (nSPS) is 17.1. The SMILES string of the molecule is CCC(C)C(C)N(C(=O)c1cnc(C(=O)O)cn1)C1CC1. The summed E-state index contributed by atoms with van der Waals surface area (Å²) in [5, 5.41) is 8.82. The molecule has 0 radical (unpaired) electrons. The Kier molecular flexibility index (Phi) is 4.55. The first-order valence-electron chi connectivity index (χ1n) is 7.33. The zero-order valence-corrected chi connectivity index (χ0v) is 12.6. The highest BCUT2D eigenvalue weighted by Crippen LogP contribution is 2.32. The number of rotatable bonds is 6. The number of carboxylic acids is 1. The van der Waals surface area contributed by atoms with Crippen LogP contribution in [-0.4, -0.2) is 43.9 Å². The predicted octanol–water partition coefficient (Wildman–Crippen LogP) is 2.21. The molecule has 6 nitrogen and oxygen atoms in total. The van der Waals surface area contributed by atoms with E-state index in [-0.39, 0.29) is 29.4 Å². The lowest BCUT2D eigenvalue weighted by Gasteiger charge is -2.33. The minimum atomic E-state index is -1.14. The Labute approximate surface area is 124 Å². The highest BCUT2D eigenvalue weighted by Gasteiger charge is 2.38. The lowest BCUT2D eigenvalue weighted by molar-refractivity contribution is 0.0605. The van der Waals surface area contributed by atoms with E-state index in [2.05, 4.69) is 30.7 Å². The number of carbonyl (C=O) groups excluding carboxylic acids is 1. The first-order chi connectivity index (χ1) is 9.95. The van der Waals surface area contributed by atoms with E-state index in [0.29, 0.717) is 5.92 Å². The lowest BCUT2D eigenvalue weighted by atomic mass is 9.98. The molecular weight excluding hydrogens is 270 g/mol. The minimum Gasteiger partial charge on any atom is -0.476 e. The number of hydrogen-bond acceptors (Lipinski definition) is 4. The summed E-state index contributed by atoms with van der Waals surface area (Å²) in [5.74, 6) is -0.899. The molecule has 1 N–H and O–H groups in total. The van der Waals surface area contributed by atoms with Crippen LogP contribution in [-0.2, 0) is 0 Å². The van der Waals surface area contributed by atoms with Crippen molar-refractivity contribution in [2.24, 2.45) is 5.92 Å². The van der Waals surface area contributed by atoms with Gasteiger partial charge in [0.2, 0.25) is 0 Å². The van der Waals surface area contributed by atoms with E-state index < -0.39 is 5.97 Å². The van der Waals surface area contributed by atoms with Crippen LogP contribution in [0.2, 0.25) is 0 Å². The fraction of sp³-hybridized carbons (Fsp3) is 0.600. The summed E-state index contributed by atoms with van der Waals surface area (Å²) >= 11 is 0. The number of carboxylic acid groups (broad SMARTS) is 1. The van der Waals surface area contributed by atoms with Gasteiger partial charge in [-0.3, -0.25) is 4.79 Å². The second-order valence-electron chi connectivity index (χ2n) is 5.66. The number of aromatic nitrogens is 2. The Morgan fingerprint density at radius 2 is 1.86 bits per heavy atom. The molecule has 114 valence electrons. The first-order valence-corrected chi connectivity index (χ1v) is 7.33. The fourth-order valence-corrected chi connectivity index (χ4v) is 2.33. The third-order valence-electron chi connectivity index (χ3n) is 4.17. The molecular formula is C15H21N3O3. The third kappa shape index (κ3) is 3.37. The van der Waals surface area contributed by atoms with Gasteiger partial charge in [-0.25, -0.2) is 14.8 Å². The fourth-order valence-electron chi connectivity index (χ4n) is 2.33. The van der Waals surface area contributed by atoms with Gasteiger partial charge in [0.05, 0.1) is 12.4 Å². The maximum atomic E-state index is 12.6. The van der Waals surface area contributed by atoms with Crippen LogP contribution in [0.3, 0.4) is 0 Å². The van der Waals surface area contributed by atoms with Crippen molar-refractivity contribution in [3.63, 3.8) is 0 Å². The minimum absolute atomic E-state index is 0.135. The maximum absolute atomic E-state index is 12.6. The van der Waals surface area contributed by atoms with E-state index in [0.717, 1.165) is 25.5 Å². The van der Waals surface area contributed by atoms with E-state index in [9.17, 15) is 9.59 Å². The molecule has 1 aliphatic rings. The molecule has 1 fully saturated rings. The molecule has 1 amide bonds. The molecule has 1 saturated carbocycles. The molecule has 0 aromatic carbocycles. The van der Waals surface area contributed by atoms with Gasteiger partial charge in [-0.2, -0.15) is 0 Å². The number of carbonyl (C=O) groups is 2. The quantitative estimate of drug-likeness (QED) is 0.868. The Hall–Kier alpha value is -1.98. The summed E-state index contributed by atoms with van der Waals surface area (Å²) in [6.07, 6.45) is 5.43. The van der Waals surface area contributed by atoms with Crippen molar-refractivity contribution in [1.82, 2.24) is 14.9 Å². The van der Waals surface area contributed by atoms with E-state index in [1.54, 1.807) is 0 Å². The monoisotopic (exact) mass is 291 g/mol. The number of hydrogen-bond donors (Lipinski definition) is 1. The molecule has 2 rings (SSSR count). The standard InChI is InChI=1S/C15H21N3O3/c1-4-9(2)10(3)18(11-5-6-11)14(19)12-7-17-13(8-16-12)15(20)21/h7-11H,4-6H2,1-3H3,(H,20,21). The molecule has 0 bridgehead atoms. The molecule has 0 aliphatic heterocycles. The molecule has 1 heterocycles. The number of amides is 1. The van der Waals surface area contributed by atoms with Crippen LogP contribution in [0.15, 0.2) is 12.4 Å². The maximum Gasteiger partial charge on any atom is 0.356 e. The first kappa shape index (κ1) is 15.4. The summed E-state index contributed by atoms with van der Waals surface area (Å²) < 4.78 is 0. The van der Waals surface area contributed by atoms with Gasteiger partial charge in [0, 0.05) is 12.1 Å². The zero-order valence-electron chi connectivity index (χ0n) is 12.6. The van der Waals surface area contributed by atoms with Gasteiger partial charge in [0.1, 0.15) is 5.69 Å². The largest absolute Gasteiger partial charge is 0.476 e. The molecule has 2 unspecified atom stereocenters. The molecule has 2 atom stereocenters. The van der Waals surface area contributed by atoms with Crippen molar-refractivity contribution in [2.45, 2.75) is 52.1 Å². The summed E-state index contributed by atoms with van der Waals surface area (Å²) in [5.41, 5.74) is 0.0570. The smallest absolute Gasteiger partial charge is 0.356 e. The van der Waals surface area contributed by atoms with E-state index in [4.69, 9.17) is 5.11 Å². The van der Waals surface area contributed by atoms with Crippen LogP contribution in [0, 0.1) is 5.92 Å². The van der Waals surface area contributed by atoms with Crippen molar-refractivity contribution in [3.8, 4) is 0 Å². The Balaban J connectivity index is 2.20.